The summed E-state index contributed by atoms with van der Waals surface area (Å²) in [6.45, 7) is 5.81. The molecule has 1 heterocycles. The molecular weight excluding hydrogens is 274 g/mol. The minimum absolute atomic E-state index is 0.162. The van der Waals surface area contributed by atoms with E-state index in [1.54, 1.807) is 7.11 Å². The fourth-order valence-electron chi connectivity index (χ4n) is 1.70. The van der Waals surface area contributed by atoms with E-state index in [0.29, 0.717) is 10.6 Å². The average Bonchev–Trinajstić information content (AvgIpc) is 2.86. The Hall–Kier alpha value is -1.95. The maximum atomic E-state index is 12.3. The molecule has 0 radical (unpaired) electrons. The van der Waals surface area contributed by atoms with E-state index in [-0.39, 0.29) is 11.4 Å². The number of benzene rings is 1. The summed E-state index contributed by atoms with van der Waals surface area (Å²) in [4.78, 5) is 12.8. The number of aromatic nitrogens is 2. The first-order valence-corrected chi connectivity index (χ1v) is 6.97. The minimum atomic E-state index is -0.299. The molecule has 106 valence electrons. The molecule has 0 saturated heterocycles. The van der Waals surface area contributed by atoms with E-state index in [1.807, 2.05) is 45.0 Å². The Labute approximate surface area is 122 Å². The maximum absolute atomic E-state index is 12.3. The van der Waals surface area contributed by atoms with Crippen LogP contribution in [0.25, 0.3) is 11.3 Å². The zero-order chi connectivity index (χ0) is 14.8. The molecule has 0 atom stereocenters. The van der Waals surface area contributed by atoms with Crippen molar-refractivity contribution in [1.82, 2.24) is 14.9 Å². The Morgan fingerprint density at radius 3 is 2.75 bits per heavy atom. The number of methoxy groups -OCH3 is 1. The number of ether oxygens (including phenoxy) is 1. The van der Waals surface area contributed by atoms with Crippen LogP contribution >= 0.6 is 11.5 Å². The van der Waals surface area contributed by atoms with E-state index in [1.165, 1.54) is 0 Å². The van der Waals surface area contributed by atoms with Crippen molar-refractivity contribution in [1.29, 1.82) is 0 Å². The first kappa shape index (κ1) is 14.5. The van der Waals surface area contributed by atoms with Crippen LogP contribution in [0.15, 0.2) is 24.3 Å². The van der Waals surface area contributed by atoms with Crippen molar-refractivity contribution in [2.75, 3.05) is 7.11 Å². The standard InChI is InChI=1S/C14H17N3O2S/c1-14(2,3)15-13(18)12-11(16-17-20-12)9-6-5-7-10(8-9)19-4/h5-8H,1-4H3,(H,15,18). The smallest absolute Gasteiger partial charge is 0.265 e. The lowest BCUT2D eigenvalue weighted by Gasteiger charge is -2.19. The predicted octanol–water partition coefficient (Wildman–Crippen LogP) is 2.74. The molecule has 0 aliphatic carbocycles. The fourth-order valence-corrected chi connectivity index (χ4v) is 2.28. The van der Waals surface area contributed by atoms with E-state index in [9.17, 15) is 4.79 Å². The van der Waals surface area contributed by atoms with E-state index in [4.69, 9.17) is 4.74 Å². The molecule has 20 heavy (non-hydrogen) atoms. The molecule has 0 saturated carbocycles. The number of nitrogens with zero attached hydrogens (tertiary/aromatic N) is 2. The molecule has 1 N–H and O–H groups in total. The average molecular weight is 291 g/mol. The second-order valence-electron chi connectivity index (χ2n) is 5.39. The lowest BCUT2D eigenvalue weighted by atomic mass is 10.1. The van der Waals surface area contributed by atoms with Crippen molar-refractivity contribution >= 4 is 17.4 Å². The molecule has 2 rings (SSSR count). The number of rotatable bonds is 3. The molecule has 1 aromatic carbocycles. The van der Waals surface area contributed by atoms with Crippen molar-refractivity contribution in [2.45, 2.75) is 26.3 Å². The Morgan fingerprint density at radius 2 is 2.10 bits per heavy atom. The largest absolute Gasteiger partial charge is 0.497 e. The third kappa shape index (κ3) is 3.33. The highest BCUT2D eigenvalue weighted by Crippen LogP contribution is 2.27. The van der Waals surface area contributed by atoms with E-state index < -0.39 is 0 Å². The monoisotopic (exact) mass is 291 g/mol. The molecular formula is C14H17N3O2S. The molecule has 2 aromatic rings. The van der Waals surface area contributed by atoms with Gasteiger partial charge in [0.1, 0.15) is 16.3 Å². The summed E-state index contributed by atoms with van der Waals surface area (Å²) in [6.07, 6.45) is 0. The van der Waals surface area contributed by atoms with Crippen molar-refractivity contribution in [3.05, 3.63) is 29.1 Å². The Balaban J connectivity index is 2.35. The number of hydrogen-bond donors (Lipinski definition) is 1. The van der Waals surface area contributed by atoms with Crippen LogP contribution in [0.3, 0.4) is 0 Å². The zero-order valence-electron chi connectivity index (χ0n) is 11.9. The third-order valence-electron chi connectivity index (χ3n) is 2.53. The maximum Gasteiger partial charge on any atom is 0.265 e. The second-order valence-corrected chi connectivity index (χ2v) is 6.14. The first-order chi connectivity index (χ1) is 9.40. The summed E-state index contributed by atoms with van der Waals surface area (Å²) >= 11 is 1.09. The molecule has 0 aliphatic heterocycles. The summed E-state index contributed by atoms with van der Waals surface area (Å²) in [6, 6.07) is 7.43. The number of amides is 1. The Bertz CT molecular complexity index is 617. The number of carbonyl (C=O) groups is 1. The Morgan fingerprint density at radius 1 is 1.35 bits per heavy atom. The molecule has 1 amide bonds. The lowest BCUT2D eigenvalue weighted by molar-refractivity contribution is 0.0924. The molecule has 6 heteroatoms. The van der Waals surface area contributed by atoms with Gasteiger partial charge in [0.2, 0.25) is 0 Å². The van der Waals surface area contributed by atoms with Crippen LogP contribution < -0.4 is 10.1 Å². The van der Waals surface area contributed by atoms with Gasteiger partial charge in [0.15, 0.2) is 0 Å². The molecule has 5 nitrogen and oxygen atoms in total. The van der Waals surface area contributed by atoms with E-state index in [0.717, 1.165) is 22.8 Å². The molecule has 0 bridgehead atoms. The summed E-state index contributed by atoms with van der Waals surface area (Å²) in [5, 5.41) is 6.99. The van der Waals surface area contributed by atoms with E-state index >= 15 is 0 Å². The second kappa shape index (κ2) is 5.58. The predicted molar refractivity (Wildman–Crippen MR) is 79.1 cm³/mol. The van der Waals surface area contributed by atoms with Crippen molar-refractivity contribution in [3.63, 3.8) is 0 Å². The lowest BCUT2D eigenvalue weighted by Crippen LogP contribution is -2.40. The first-order valence-electron chi connectivity index (χ1n) is 6.20. The molecule has 0 unspecified atom stereocenters. The van der Waals surface area contributed by atoms with Crippen LogP contribution in [-0.2, 0) is 0 Å². The van der Waals surface area contributed by atoms with Gasteiger partial charge >= 0.3 is 0 Å². The molecule has 0 fully saturated rings. The highest BCUT2D eigenvalue weighted by molar-refractivity contribution is 7.08. The normalized spacial score (nSPS) is 11.2. The number of carbonyl (C=O) groups excluding carboxylic acids is 1. The van der Waals surface area contributed by atoms with E-state index in [2.05, 4.69) is 14.9 Å². The quantitative estimate of drug-likeness (QED) is 0.944. The van der Waals surface area contributed by atoms with Gasteiger partial charge < -0.3 is 10.1 Å². The van der Waals surface area contributed by atoms with Gasteiger partial charge in [-0.3, -0.25) is 4.79 Å². The van der Waals surface area contributed by atoms with Gasteiger partial charge in [-0.25, -0.2) is 0 Å². The van der Waals surface area contributed by atoms with Crippen LogP contribution in [0.2, 0.25) is 0 Å². The van der Waals surface area contributed by atoms with Crippen LogP contribution in [0.1, 0.15) is 30.4 Å². The van der Waals surface area contributed by atoms with Crippen LogP contribution in [-0.4, -0.2) is 28.1 Å². The topological polar surface area (TPSA) is 64.1 Å². The van der Waals surface area contributed by atoms with Gasteiger partial charge in [-0.2, -0.15) is 0 Å². The molecule has 0 aliphatic rings. The van der Waals surface area contributed by atoms with Gasteiger partial charge in [0, 0.05) is 11.1 Å². The highest BCUT2D eigenvalue weighted by Gasteiger charge is 2.22. The van der Waals surface area contributed by atoms with Crippen LogP contribution in [0, 0.1) is 0 Å². The summed E-state index contributed by atoms with van der Waals surface area (Å²) < 4.78 is 9.08. The van der Waals surface area contributed by atoms with Crippen LogP contribution in [0.4, 0.5) is 0 Å². The van der Waals surface area contributed by atoms with Gasteiger partial charge in [-0.15, -0.1) is 5.10 Å². The zero-order valence-corrected chi connectivity index (χ0v) is 12.7. The van der Waals surface area contributed by atoms with Gasteiger partial charge in [-0.1, -0.05) is 16.6 Å². The number of nitrogens with one attached hydrogen (secondary N) is 1. The van der Waals surface area contributed by atoms with Crippen molar-refractivity contribution < 1.29 is 9.53 Å². The SMILES string of the molecule is COc1cccc(-c2nnsc2C(=O)NC(C)(C)C)c1. The summed E-state index contributed by atoms with van der Waals surface area (Å²) in [7, 11) is 1.60. The number of hydrogen-bond acceptors (Lipinski definition) is 5. The van der Waals surface area contributed by atoms with Crippen LogP contribution in [0.5, 0.6) is 5.75 Å². The van der Waals surface area contributed by atoms with Crippen molar-refractivity contribution in [2.24, 2.45) is 0 Å². The molecule has 1 aromatic heterocycles. The summed E-state index contributed by atoms with van der Waals surface area (Å²) in [5.41, 5.74) is 1.10. The fraction of sp³-hybridized carbons (Fsp3) is 0.357. The third-order valence-corrected chi connectivity index (χ3v) is 3.25. The minimum Gasteiger partial charge on any atom is -0.497 e. The van der Waals surface area contributed by atoms with Crippen molar-refractivity contribution in [3.8, 4) is 17.0 Å². The Kier molecular flexibility index (Phi) is 4.04. The summed E-state index contributed by atoms with van der Waals surface area (Å²) in [5.74, 6) is 0.558. The highest BCUT2D eigenvalue weighted by atomic mass is 32.1. The van der Waals surface area contributed by atoms with Gasteiger partial charge in [0.25, 0.3) is 5.91 Å². The van der Waals surface area contributed by atoms with Gasteiger partial charge in [0.05, 0.1) is 7.11 Å². The van der Waals surface area contributed by atoms with Gasteiger partial charge in [-0.05, 0) is 44.4 Å². The molecule has 0 spiro atoms.